The maximum absolute atomic E-state index is 12.7. The quantitative estimate of drug-likeness (QED) is 0.841. The van der Waals surface area contributed by atoms with Crippen LogP contribution in [0.25, 0.3) is 0 Å². The Morgan fingerprint density at radius 2 is 1.79 bits per heavy atom. The molecule has 0 radical (unpaired) electrons. The average Bonchev–Trinajstić information content (AvgIpc) is 3.12. The molecule has 1 saturated heterocycles. The van der Waals surface area contributed by atoms with Crippen molar-refractivity contribution in [2.24, 2.45) is 0 Å². The van der Waals surface area contributed by atoms with Gasteiger partial charge in [-0.3, -0.25) is 4.79 Å². The number of rotatable bonds is 3. The van der Waals surface area contributed by atoms with Crippen molar-refractivity contribution >= 4 is 27.3 Å². The highest BCUT2D eigenvalue weighted by Crippen LogP contribution is 2.23. The van der Waals surface area contributed by atoms with Crippen molar-refractivity contribution in [1.29, 1.82) is 0 Å². The number of thiophene rings is 1. The zero-order valence-electron chi connectivity index (χ0n) is 13.7. The third kappa shape index (κ3) is 3.24. The van der Waals surface area contributed by atoms with Crippen molar-refractivity contribution in [2.75, 3.05) is 26.2 Å². The summed E-state index contributed by atoms with van der Waals surface area (Å²) in [6.07, 6.45) is 0. The van der Waals surface area contributed by atoms with Crippen molar-refractivity contribution in [3.63, 3.8) is 0 Å². The van der Waals surface area contributed by atoms with Crippen LogP contribution in [0.5, 0.6) is 0 Å². The first-order valence-corrected chi connectivity index (χ1v) is 10.1. The van der Waals surface area contributed by atoms with Crippen LogP contribution in [0.1, 0.15) is 21.5 Å². The molecule has 1 fully saturated rings. The first-order valence-electron chi connectivity index (χ1n) is 7.80. The van der Waals surface area contributed by atoms with Crippen molar-refractivity contribution < 1.29 is 13.2 Å². The number of carbonyl (C=O) groups excluding carboxylic acids is 1. The van der Waals surface area contributed by atoms with Gasteiger partial charge in [0.05, 0.1) is 0 Å². The number of hydrogen-bond donors (Lipinski definition) is 0. The second kappa shape index (κ2) is 6.66. The van der Waals surface area contributed by atoms with Gasteiger partial charge in [0.1, 0.15) is 4.21 Å². The lowest BCUT2D eigenvalue weighted by Gasteiger charge is -2.34. The summed E-state index contributed by atoms with van der Waals surface area (Å²) < 4.78 is 26.9. The van der Waals surface area contributed by atoms with Crippen LogP contribution in [0, 0.1) is 13.8 Å². The van der Waals surface area contributed by atoms with Crippen LogP contribution in [0.4, 0.5) is 0 Å². The van der Waals surface area contributed by atoms with Gasteiger partial charge in [-0.1, -0.05) is 23.8 Å². The number of benzene rings is 1. The molecule has 1 aromatic carbocycles. The topological polar surface area (TPSA) is 57.7 Å². The molecule has 2 aromatic rings. The highest BCUT2D eigenvalue weighted by molar-refractivity contribution is 7.91. The average molecular weight is 364 g/mol. The lowest BCUT2D eigenvalue weighted by atomic mass is 10.0. The van der Waals surface area contributed by atoms with E-state index in [1.807, 2.05) is 32.0 Å². The number of hydrogen-bond acceptors (Lipinski definition) is 4. The minimum Gasteiger partial charge on any atom is -0.336 e. The van der Waals surface area contributed by atoms with Crippen molar-refractivity contribution in [3.8, 4) is 0 Å². The lowest BCUT2D eigenvalue weighted by molar-refractivity contribution is 0.0697. The molecule has 1 amide bonds. The van der Waals surface area contributed by atoms with E-state index >= 15 is 0 Å². The Labute approximate surface area is 146 Å². The van der Waals surface area contributed by atoms with E-state index in [4.69, 9.17) is 0 Å². The number of amides is 1. The summed E-state index contributed by atoms with van der Waals surface area (Å²) in [4.78, 5) is 14.5. The number of piperazine rings is 1. The van der Waals surface area contributed by atoms with Crippen LogP contribution in [0.3, 0.4) is 0 Å². The van der Waals surface area contributed by atoms with Crippen molar-refractivity contribution in [1.82, 2.24) is 9.21 Å². The van der Waals surface area contributed by atoms with Gasteiger partial charge in [0.15, 0.2) is 0 Å². The van der Waals surface area contributed by atoms with Crippen LogP contribution in [-0.2, 0) is 10.0 Å². The molecule has 2 heterocycles. The Hall–Kier alpha value is -1.70. The van der Waals surface area contributed by atoms with Gasteiger partial charge < -0.3 is 4.90 Å². The lowest BCUT2D eigenvalue weighted by Crippen LogP contribution is -2.50. The molecule has 3 rings (SSSR count). The normalized spacial score (nSPS) is 16.3. The van der Waals surface area contributed by atoms with Gasteiger partial charge in [-0.2, -0.15) is 4.31 Å². The molecule has 1 aromatic heterocycles. The summed E-state index contributed by atoms with van der Waals surface area (Å²) in [7, 11) is -3.43. The van der Waals surface area contributed by atoms with E-state index in [2.05, 4.69) is 0 Å². The van der Waals surface area contributed by atoms with Crippen LogP contribution in [0.2, 0.25) is 0 Å². The predicted octanol–water partition coefficient (Wildman–Crippen LogP) is 2.51. The van der Waals surface area contributed by atoms with Gasteiger partial charge >= 0.3 is 0 Å². The van der Waals surface area contributed by atoms with Crippen molar-refractivity contribution in [2.45, 2.75) is 18.1 Å². The molecule has 1 aliphatic rings. The smallest absolute Gasteiger partial charge is 0.254 e. The number of sulfonamides is 1. The molecule has 24 heavy (non-hydrogen) atoms. The van der Waals surface area contributed by atoms with Gasteiger partial charge in [0.25, 0.3) is 15.9 Å². The summed E-state index contributed by atoms with van der Waals surface area (Å²) in [5, 5.41) is 1.76. The molecule has 0 saturated carbocycles. The van der Waals surface area contributed by atoms with Crippen LogP contribution in [0.15, 0.2) is 39.9 Å². The Balaban J connectivity index is 1.71. The molecule has 0 unspecified atom stereocenters. The highest BCUT2D eigenvalue weighted by atomic mass is 32.2. The summed E-state index contributed by atoms with van der Waals surface area (Å²) >= 11 is 1.22. The predicted molar refractivity (Wildman–Crippen MR) is 94.9 cm³/mol. The van der Waals surface area contributed by atoms with Gasteiger partial charge in [-0.25, -0.2) is 8.42 Å². The highest BCUT2D eigenvalue weighted by Gasteiger charge is 2.31. The standard InChI is InChI=1S/C17H20N2O3S2/c1-13-5-6-14(2)15(12-13)17(20)18-7-9-19(10-8-18)24(21,22)16-4-3-11-23-16/h3-6,11-12H,7-10H2,1-2H3. The molecule has 0 aliphatic carbocycles. The Kier molecular flexibility index (Phi) is 4.76. The Morgan fingerprint density at radius 1 is 1.08 bits per heavy atom. The van der Waals surface area contributed by atoms with E-state index in [-0.39, 0.29) is 5.91 Å². The zero-order valence-corrected chi connectivity index (χ0v) is 15.4. The Bertz CT molecular complexity index is 837. The van der Waals surface area contributed by atoms with Gasteiger partial charge in [-0.05, 0) is 36.9 Å². The summed E-state index contributed by atoms with van der Waals surface area (Å²) in [6, 6.07) is 9.18. The van der Waals surface area contributed by atoms with E-state index < -0.39 is 10.0 Å². The number of aryl methyl sites for hydroxylation is 2. The molecule has 0 bridgehead atoms. The molecule has 0 spiro atoms. The second-order valence-corrected chi connectivity index (χ2v) is 9.06. The maximum Gasteiger partial charge on any atom is 0.254 e. The number of carbonyl (C=O) groups is 1. The van der Waals surface area contributed by atoms with E-state index in [9.17, 15) is 13.2 Å². The second-order valence-electron chi connectivity index (χ2n) is 5.95. The van der Waals surface area contributed by atoms with Gasteiger partial charge in [0, 0.05) is 31.7 Å². The summed E-state index contributed by atoms with van der Waals surface area (Å²) in [6.45, 7) is 5.37. The fourth-order valence-electron chi connectivity index (χ4n) is 2.81. The minimum absolute atomic E-state index is 0.0237. The van der Waals surface area contributed by atoms with Crippen LogP contribution in [-0.4, -0.2) is 49.7 Å². The molecule has 128 valence electrons. The molecule has 5 nitrogen and oxygen atoms in total. The third-order valence-electron chi connectivity index (χ3n) is 4.24. The zero-order chi connectivity index (χ0) is 17.3. The van der Waals surface area contributed by atoms with Gasteiger partial charge in [-0.15, -0.1) is 11.3 Å². The van der Waals surface area contributed by atoms with E-state index in [0.29, 0.717) is 36.0 Å². The molecule has 0 atom stereocenters. The van der Waals surface area contributed by atoms with E-state index in [1.54, 1.807) is 22.4 Å². The van der Waals surface area contributed by atoms with Gasteiger partial charge in [0.2, 0.25) is 0 Å². The third-order valence-corrected chi connectivity index (χ3v) is 7.51. The largest absolute Gasteiger partial charge is 0.336 e. The molecule has 7 heteroatoms. The Morgan fingerprint density at radius 3 is 2.42 bits per heavy atom. The SMILES string of the molecule is Cc1ccc(C)c(C(=O)N2CCN(S(=O)(=O)c3cccs3)CC2)c1. The fourth-order valence-corrected chi connectivity index (χ4v) is 5.37. The maximum atomic E-state index is 12.7. The minimum atomic E-state index is -3.43. The molecule has 1 aliphatic heterocycles. The van der Waals surface area contributed by atoms with Crippen LogP contribution < -0.4 is 0 Å². The molecular formula is C17H20N2O3S2. The first kappa shape index (κ1) is 17.1. The van der Waals surface area contributed by atoms with E-state index in [1.165, 1.54) is 15.6 Å². The monoisotopic (exact) mass is 364 g/mol. The van der Waals surface area contributed by atoms with Crippen LogP contribution >= 0.6 is 11.3 Å². The summed E-state index contributed by atoms with van der Waals surface area (Å²) in [5.41, 5.74) is 2.69. The number of nitrogens with zero attached hydrogens (tertiary/aromatic N) is 2. The molecular weight excluding hydrogens is 344 g/mol. The summed E-state index contributed by atoms with van der Waals surface area (Å²) in [5.74, 6) is -0.0237. The fraction of sp³-hybridized carbons (Fsp3) is 0.353. The van der Waals surface area contributed by atoms with E-state index in [0.717, 1.165) is 11.1 Å². The molecule has 0 N–H and O–H groups in total. The first-order chi connectivity index (χ1) is 11.4. The van der Waals surface area contributed by atoms with Crippen molar-refractivity contribution in [3.05, 3.63) is 52.4 Å².